The van der Waals surface area contributed by atoms with Crippen molar-refractivity contribution in [1.82, 2.24) is 4.90 Å². The Balaban J connectivity index is 1.63. The van der Waals surface area contributed by atoms with Crippen LogP contribution in [0.1, 0.15) is 40.5 Å². The van der Waals surface area contributed by atoms with Crippen LogP contribution >= 0.6 is 11.3 Å². The number of amides is 1. The van der Waals surface area contributed by atoms with Crippen LogP contribution in [0.3, 0.4) is 0 Å². The lowest BCUT2D eigenvalue weighted by Gasteiger charge is -2.33. The highest BCUT2D eigenvalue weighted by atomic mass is 32.1. The highest BCUT2D eigenvalue weighted by Crippen LogP contribution is 2.38. The van der Waals surface area contributed by atoms with Gasteiger partial charge in [0.15, 0.2) is 0 Å². The van der Waals surface area contributed by atoms with E-state index in [0.29, 0.717) is 23.8 Å². The zero-order chi connectivity index (χ0) is 18.6. The molecule has 0 radical (unpaired) electrons. The SMILES string of the molecule is N#Cc1c(NC(=O)C(c2ccccc2)N2CCOCC2)sc2c1CCCC2. The van der Waals surface area contributed by atoms with Crippen molar-refractivity contribution in [3.05, 3.63) is 51.9 Å². The number of thiophene rings is 1. The van der Waals surface area contributed by atoms with E-state index >= 15 is 0 Å². The second kappa shape index (κ2) is 8.22. The molecule has 1 aromatic carbocycles. The Morgan fingerprint density at radius 3 is 2.67 bits per heavy atom. The number of ether oxygens (including phenoxy) is 1. The average molecular weight is 382 g/mol. The number of rotatable bonds is 4. The van der Waals surface area contributed by atoms with Crippen molar-refractivity contribution in [3.8, 4) is 6.07 Å². The molecule has 6 heteroatoms. The third-order valence-corrected chi connectivity index (χ3v) is 6.50. The van der Waals surface area contributed by atoms with Crippen LogP contribution < -0.4 is 5.32 Å². The molecule has 2 aliphatic rings. The average Bonchev–Trinajstić information content (AvgIpc) is 3.06. The summed E-state index contributed by atoms with van der Waals surface area (Å²) in [7, 11) is 0. The monoisotopic (exact) mass is 381 g/mol. The molecule has 0 spiro atoms. The minimum absolute atomic E-state index is 0.0711. The molecule has 1 aliphatic heterocycles. The van der Waals surface area contributed by atoms with Gasteiger partial charge >= 0.3 is 0 Å². The van der Waals surface area contributed by atoms with Crippen LogP contribution in [-0.2, 0) is 22.4 Å². The zero-order valence-electron chi connectivity index (χ0n) is 15.2. The van der Waals surface area contributed by atoms with Crippen LogP contribution in [0, 0.1) is 11.3 Å². The van der Waals surface area contributed by atoms with Crippen molar-refractivity contribution < 1.29 is 9.53 Å². The number of morpholine rings is 1. The first-order valence-electron chi connectivity index (χ1n) is 9.50. The van der Waals surface area contributed by atoms with Gasteiger partial charge < -0.3 is 10.1 Å². The lowest BCUT2D eigenvalue weighted by atomic mass is 9.96. The lowest BCUT2D eigenvalue weighted by molar-refractivity contribution is -0.123. The first kappa shape index (κ1) is 18.2. The molecule has 1 unspecified atom stereocenters. The maximum atomic E-state index is 13.3. The maximum absolute atomic E-state index is 13.3. The maximum Gasteiger partial charge on any atom is 0.246 e. The predicted molar refractivity (Wildman–Crippen MR) is 106 cm³/mol. The quantitative estimate of drug-likeness (QED) is 0.880. The number of fused-ring (bicyclic) bond motifs is 1. The molecule has 1 amide bonds. The second-order valence-electron chi connectivity index (χ2n) is 6.98. The number of carbonyl (C=O) groups is 1. The van der Waals surface area contributed by atoms with Crippen LogP contribution in [0.25, 0.3) is 0 Å². The molecule has 2 heterocycles. The minimum atomic E-state index is -0.374. The molecule has 2 aromatic rings. The van der Waals surface area contributed by atoms with Gasteiger partial charge in [0.25, 0.3) is 0 Å². The van der Waals surface area contributed by atoms with E-state index in [4.69, 9.17) is 4.74 Å². The second-order valence-corrected chi connectivity index (χ2v) is 8.08. The summed E-state index contributed by atoms with van der Waals surface area (Å²) in [6, 6.07) is 11.8. The summed E-state index contributed by atoms with van der Waals surface area (Å²) >= 11 is 1.58. The molecule has 27 heavy (non-hydrogen) atoms. The summed E-state index contributed by atoms with van der Waals surface area (Å²) in [5.41, 5.74) is 2.78. The van der Waals surface area contributed by atoms with E-state index in [9.17, 15) is 10.1 Å². The van der Waals surface area contributed by atoms with E-state index in [1.54, 1.807) is 11.3 Å². The molecular weight excluding hydrogens is 358 g/mol. The van der Waals surface area contributed by atoms with E-state index in [0.717, 1.165) is 49.9 Å². The Kier molecular flexibility index (Phi) is 5.53. The zero-order valence-corrected chi connectivity index (χ0v) is 16.1. The summed E-state index contributed by atoms with van der Waals surface area (Å²) in [4.78, 5) is 16.7. The van der Waals surface area contributed by atoms with E-state index in [1.807, 2.05) is 30.3 Å². The molecule has 1 aromatic heterocycles. The molecule has 5 nitrogen and oxygen atoms in total. The van der Waals surface area contributed by atoms with Gasteiger partial charge in [0.2, 0.25) is 5.91 Å². The van der Waals surface area contributed by atoms with Crippen molar-refractivity contribution in [2.24, 2.45) is 0 Å². The van der Waals surface area contributed by atoms with Gasteiger partial charge in [-0.05, 0) is 36.8 Å². The van der Waals surface area contributed by atoms with Crippen LogP contribution in [-0.4, -0.2) is 37.1 Å². The number of nitrogens with one attached hydrogen (secondary N) is 1. The Morgan fingerprint density at radius 1 is 1.19 bits per heavy atom. The lowest BCUT2D eigenvalue weighted by Crippen LogP contribution is -2.43. The number of carbonyl (C=O) groups excluding carboxylic acids is 1. The van der Waals surface area contributed by atoms with Gasteiger partial charge in [-0.15, -0.1) is 11.3 Å². The summed E-state index contributed by atoms with van der Waals surface area (Å²) in [5.74, 6) is -0.0711. The molecule has 0 bridgehead atoms. The first-order valence-corrected chi connectivity index (χ1v) is 10.3. The van der Waals surface area contributed by atoms with Crippen molar-refractivity contribution in [1.29, 1.82) is 5.26 Å². The number of nitrogens with zero attached hydrogens (tertiary/aromatic N) is 2. The number of aryl methyl sites for hydroxylation is 1. The molecule has 1 N–H and O–H groups in total. The van der Waals surface area contributed by atoms with Crippen molar-refractivity contribution in [2.75, 3.05) is 31.6 Å². The van der Waals surface area contributed by atoms with Gasteiger partial charge in [0.05, 0.1) is 18.8 Å². The number of benzene rings is 1. The summed E-state index contributed by atoms with van der Waals surface area (Å²) in [6.45, 7) is 2.71. The molecule has 4 rings (SSSR count). The standard InChI is InChI=1S/C21H23N3O2S/c22-14-17-16-8-4-5-9-18(16)27-21(17)23-20(25)19(15-6-2-1-3-7-15)24-10-12-26-13-11-24/h1-3,6-7,19H,4-5,8-13H2,(H,23,25). The Labute approximate surface area is 163 Å². The fourth-order valence-electron chi connectivity index (χ4n) is 3.95. The van der Waals surface area contributed by atoms with Crippen molar-refractivity contribution in [3.63, 3.8) is 0 Å². The number of anilines is 1. The fourth-order valence-corrected chi connectivity index (χ4v) is 5.19. The third-order valence-electron chi connectivity index (χ3n) is 5.29. The molecule has 0 saturated carbocycles. The van der Waals surface area contributed by atoms with Crippen molar-refractivity contribution in [2.45, 2.75) is 31.7 Å². The Bertz CT molecular complexity index is 850. The molecule has 1 aliphatic carbocycles. The minimum Gasteiger partial charge on any atom is -0.379 e. The highest BCUT2D eigenvalue weighted by Gasteiger charge is 2.30. The summed E-state index contributed by atoms with van der Waals surface area (Å²) in [5, 5.41) is 13.5. The summed E-state index contributed by atoms with van der Waals surface area (Å²) < 4.78 is 5.46. The molecular formula is C21H23N3O2S. The number of nitriles is 1. The van der Waals surface area contributed by atoms with Gasteiger partial charge in [0, 0.05) is 18.0 Å². The molecule has 1 atom stereocenters. The van der Waals surface area contributed by atoms with Gasteiger partial charge in [-0.2, -0.15) is 5.26 Å². The van der Waals surface area contributed by atoms with Gasteiger partial charge in [-0.1, -0.05) is 30.3 Å². The van der Waals surface area contributed by atoms with E-state index < -0.39 is 0 Å². The van der Waals surface area contributed by atoms with Gasteiger partial charge in [-0.3, -0.25) is 9.69 Å². The normalized spacial score (nSPS) is 18.3. The molecule has 1 fully saturated rings. The smallest absolute Gasteiger partial charge is 0.246 e. The summed E-state index contributed by atoms with van der Waals surface area (Å²) in [6.07, 6.45) is 4.23. The largest absolute Gasteiger partial charge is 0.379 e. The highest BCUT2D eigenvalue weighted by molar-refractivity contribution is 7.16. The van der Waals surface area contributed by atoms with Crippen LogP contribution in [0.15, 0.2) is 30.3 Å². The third kappa shape index (κ3) is 3.77. The predicted octanol–water partition coefficient (Wildman–Crippen LogP) is 3.51. The number of hydrogen-bond donors (Lipinski definition) is 1. The topological polar surface area (TPSA) is 65.4 Å². The van der Waals surface area contributed by atoms with E-state index in [2.05, 4.69) is 16.3 Å². The Hall–Kier alpha value is -2.20. The van der Waals surface area contributed by atoms with Crippen LogP contribution in [0.2, 0.25) is 0 Å². The van der Waals surface area contributed by atoms with Crippen LogP contribution in [0.5, 0.6) is 0 Å². The molecule has 1 saturated heterocycles. The fraction of sp³-hybridized carbons (Fsp3) is 0.429. The van der Waals surface area contributed by atoms with Gasteiger partial charge in [0.1, 0.15) is 17.1 Å². The molecule has 140 valence electrons. The van der Waals surface area contributed by atoms with E-state index in [1.165, 1.54) is 4.88 Å². The van der Waals surface area contributed by atoms with Crippen LogP contribution in [0.4, 0.5) is 5.00 Å². The van der Waals surface area contributed by atoms with Crippen molar-refractivity contribution >= 4 is 22.2 Å². The first-order chi connectivity index (χ1) is 13.3. The number of hydrogen-bond acceptors (Lipinski definition) is 5. The van der Waals surface area contributed by atoms with E-state index in [-0.39, 0.29) is 11.9 Å². The van der Waals surface area contributed by atoms with Gasteiger partial charge in [-0.25, -0.2) is 0 Å². The Morgan fingerprint density at radius 2 is 1.93 bits per heavy atom.